The van der Waals surface area contributed by atoms with Crippen molar-refractivity contribution < 1.29 is 9.59 Å². The van der Waals surface area contributed by atoms with E-state index in [-0.39, 0.29) is 11.8 Å². The van der Waals surface area contributed by atoms with Gasteiger partial charge in [-0.2, -0.15) is 0 Å². The van der Waals surface area contributed by atoms with Crippen LogP contribution >= 0.6 is 23.1 Å². The SMILES string of the molecule is O=C1CSc2ccc(NC(=O)c3csc(-c4ccccc4)n3)cc2N1. The number of fused-ring (bicyclic) bond motifs is 1. The summed E-state index contributed by atoms with van der Waals surface area (Å²) in [5.74, 6) is 0.112. The molecule has 25 heavy (non-hydrogen) atoms. The van der Waals surface area contributed by atoms with Crippen LogP contribution in [0.5, 0.6) is 0 Å². The fraction of sp³-hybridized carbons (Fsp3) is 0.0556. The lowest BCUT2D eigenvalue weighted by Gasteiger charge is -2.17. The van der Waals surface area contributed by atoms with Gasteiger partial charge in [0.05, 0.1) is 11.4 Å². The monoisotopic (exact) mass is 367 g/mol. The Kier molecular flexibility index (Phi) is 4.25. The average molecular weight is 367 g/mol. The third-order valence-electron chi connectivity index (χ3n) is 3.63. The van der Waals surface area contributed by atoms with Gasteiger partial charge in [-0.3, -0.25) is 9.59 Å². The first-order chi connectivity index (χ1) is 12.2. The Morgan fingerprint density at radius 3 is 2.84 bits per heavy atom. The Balaban J connectivity index is 1.52. The molecule has 0 spiro atoms. The van der Waals surface area contributed by atoms with E-state index in [0.717, 1.165) is 21.2 Å². The number of anilines is 2. The van der Waals surface area contributed by atoms with E-state index in [4.69, 9.17) is 0 Å². The number of carbonyl (C=O) groups excluding carboxylic acids is 2. The molecule has 1 aliphatic heterocycles. The first kappa shape index (κ1) is 15.9. The highest BCUT2D eigenvalue weighted by molar-refractivity contribution is 8.00. The molecule has 3 aromatic rings. The number of thiazole rings is 1. The van der Waals surface area contributed by atoms with Crippen LogP contribution in [0.4, 0.5) is 11.4 Å². The summed E-state index contributed by atoms with van der Waals surface area (Å²) in [5, 5.41) is 8.20. The first-order valence-corrected chi connectivity index (χ1v) is 9.44. The predicted molar refractivity (Wildman–Crippen MR) is 101 cm³/mol. The van der Waals surface area contributed by atoms with Gasteiger partial charge in [0.2, 0.25) is 5.91 Å². The summed E-state index contributed by atoms with van der Waals surface area (Å²) in [6.07, 6.45) is 0. The van der Waals surface area contributed by atoms with E-state index in [1.165, 1.54) is 23.1 Å². The van der Waals surface area contributed by atoms with Crippen molar-refractivity contribution in [2.45, 2.75) is 4.90 Å². The summed E-state index contributed by atoms with van der Waals surface area (Å²) in [7, 11) is 0. The van der Waals surface area contributed by atoms with Crippen molar-refractivity contribution in [1.82, 2.24) is 4.98 Å². The first-order valence-electron chi connectivity index (χ1n) is 7.58. The van der Waals surface area contributed by atoms with Gasteiger partial charge in [-0.15, -0.1) is 23.1 Å². The van der Waals surface area contributed by atoms with Crippen LogP contribution in [0.2, 0.25) is 0 Å². The maximum Gasteiger partial charge on any atom is 0.275 e. The van der Waals surface area contributed by atoms with Crippen LogP contribution in [0.15, 0.2) is 58.8 Å². The molecule has 2 aromatic carbocycles. The molecule has 0 unspecified atom stereocenters. The van der Waals surface area contributed by atoms with Crippen LogP contribution in [0.3, 0.4) is 0 Å². The van der Waals surface area contributed by atoms with Crippen LogP contribution in [-0.2, 0) is 4.79 Å². The zero-order valence-corrected chi connectivity index (χ0v) is 14.6. The Bertz CT molecular complexity index is 954. The van der Waals surface area contributed by atoms with Gasteiger partial charge in [-0.1, -0.05) is 30.3 Å². The van der Waals surface area contributed by atoms with Crippen LogP contribution in [0.1, 0.15) is 10.5 Å². The molecule has 4 rings (SSSR count). The quantitative estimate of drug-likeness (QED) is 0.731. The third kappa shape index (κ3) is 3.42. The molecule has 7 heteroatoms. The fourth-order valence-electron chi connectivity index (χ4n) is 2.45. The van der Waals surface area contributed by atoms with Gasteiger partial charge in [0, 0.05) is 21.5 Å². The highest BCUT2D eigenvalue weighted by Gasteiger charge is 2.17. The van der Waals surface area contributed by atoms with E-state index in [1.54, 1.807) is 11.4 Å². The van der Waals surface area contributed by atoms with E-state index in [0.29, 0.717) is 17.1 Å². The van der Waals surface area contributed by atoms with Gasteiger partial charge < -0.3 is 10.6 Å². The second-order valence-electron chi connectivity index (χ2n) is 5.41. The number of amides is 2. The minimum Gasteiger partial charge on any atom is -0.324 e. The van der Waals surface area contributed by atoms with E-state index in [2.05, 4.69) is 15.6 Å². The normalized spacial score (nSPS) is 13.0. The maximum absolute atomic E-state index is 12.4. The summed E-state index contributed by atoms with van der Waals surface area (Å²) >= 11 is 2.92. The average Bonchev–Trinajstić information content (AvgIpc) is 3.12. The van der Waals surface area contributed by atoms with Crippen molar-refractivity contribution >= 4 is 46.3 Å². The largest absolute Gasteiger partial charge is 0.324 e. The number of benzene rings is 2. The molecular weight excluding hydrogens is 354 g/mol. The number of nitrogens with zero attached hydrogens (tertiary/aromatic N) is 1. The molecule has 5 nitrogen and oxygen atoms in total. The molecule has 2 heterocycles. The van der Waals surface area contributed by atoms with Crippen molar-refractivity contribution in [1.29, 1.82) is 0 Å². The van der Waals surface area contributed by atoms with Gasteiger partial charge in [0.1, 0.15) is 10.7 Å². The molecule has 0 bridgehead atoms. The Morgan fingerprint density at radius 2 is 2.00 bits per heavy atom. The Morgan fingerprint density at radius 1 is 1.16 bits per heavy atom. The minimum absolute atomic E-state index is 0.0343. The van der Waals surface area contributed by atoms with Crippen molar-refractivity contribution in [3.05, 3.63) is 59.6 Å². The molecule has 0 saturated carbocycles. The molecule has 0 atom stereocenters. The van der Waals surface area contributed by atoms with E-state index < -0.39 is 0 Å². The van der Waals surface area contributed by atoms with Gasteiger partial charge in [-0.25, -0.2) is 4.98 Å². The smallest absolute Gasteiger partial charge is 0.275 e. The van der Waals surface area contributed by atoms with Crippen molar-refractivity contribution in [3.63, 3.8) is 0 Å². The number of rotatable bonds is 3. The lowest BCUT2D eigenvalue weighted by atomic mass is 10.2. The third-order valence-corrected chi connectivity index (χ3v) is 5.59. The van der Waals surface area contributed by atoms with Gasteiger partial charge in [0.25, 0.3) is 5.91 Å². The van der Waals surface area contributed by atoms with Crippen LogP contribution < -0.4 is 10.6 Å². The summed E-state index contributed by atoms with van der Waals surface area (Å²) in [6, 6.07) is 15.2. The van der Waals surface area contributed by atoms with E-state index >= 15 is 0 Å². The van der Waals surface area contributed by atoms with Crippen molar-refractivity contribution in [2.75, 3.05) is 16.4 Å². The highest BCUT2D eigenvalue weighted by Crippen LogP contribution is 2.33. The van der Waals surface area contributed by atoms with Crippen LogP contribution in [0.25, 0.3) is 10.6 Å². The lowest BCUT2D eigenvalue weighted by molar-refractivity contribution is -0.113. The van der Waals surface area contributed by atoms with E-state index in [9.17, 15) is 9.59 Å². The van der Waals surface area contributed by atoms with Gasteiger partial charge in [-0.05, 0) is 18.2 Å². The lowest BCUT2D eigenvalue weighted by Crippen LogP contribution is -2.19. The molecule has 124 valence electrons. The summed E-state index contributed by atoms with van der Waals surface area (Å²) in [5.41, 5.74) is 2.71. The molecule has 0 saturated heterocycles. The molecule has 0 radical (unpaired) electrons. The summed E-state index contributed by atoms with van der Waals surface area (Å²) in [4.78, 5) is 29.3. The van der Waals surface area contributed by atoms with Gasteiger partial charge >= 0.3 is 0 Å². The minimum atomic E-state index is -0.270. The topological polar surface area (TPSA) is 71.1 Å². The summed E-state index contributed by atoms with van der Waals surface area (Å²) < 4.78 is 0. The number of aromatic nitrogens is 1. The molecule has 0 fully saturated rings. The molecule has 1 aromatic heterocycles. The number of carbonyl (C=O) groups is 2. The maximum atomic E-state index is 12.4. The molecule has 0 aliphatic carbocycles. The standard InChI is InChI=1S/C18H13N3O2S2/c22-16-10-24-15-7-6-12(8-13(15)20-16)19-17(23)14-9-25-18(21-14)11-4-2-1-3-5-11/h1-9H,10H2,(H,19,23)(H,20,22). The van der Waals surface area contributed by atoms with Crippen LogP contribution in [-0.4, -0.2) is 22.6 Å². The molecule has 2 N–H and O–H groups in total. The zero-order valence-electron chi connectivity index (χ0n) is 13.0. The number of thioether (sulfide) groups is 1. The number of nitrogens with one attached hydrogen (secondary N) is 2. The van der Waals surface area contributed by atoms with Crippen LogP contribution in [0, 0.1) is 0 Å². The van der Waals surface area contributed by atoms with Gasteiger partial charge in [0.15, 0.2) is 0 Å². The van der Waals surface area contributed by atoms with Crippen molar-refractivity contribution in [2.24, 2.45) is 0 Å². The second-order valence-corrected chi connectivity index (χ2v) is 7.28. The Labute approximate surface area is 152 Å². The number of hydrogen-bond acceptors (Lipinski definition) is 5. The van der Waals surface area contributed by atoms with E-state index in [1.807, 2.05) is 42.5 Å². The fourth-order valence-corrected chi connectivity index (χ4v) is 4.04. The zero-order chi connectivity index (χ0) is 17.2. The predicted octanol–water partition coefficient (Wildman–Crippen LogP) is 4.11. The molecule has 1 aliphatic rings. The second kappa shape index (κ2) is 6.70. The Hall–Kier alpha value is -2.64. The number of hydrogen-bond donors (Lipinski definition) is 2. The highest BCUT2D eigenvalue weighted by atomic mass is 32.2. The summed E-state index contributed by atoms with van der Waals surface area (Å²) in [6.45, 7) is 0. The van der Waals surface area contributed by atoms with Crippen molar-refractivity contribution in [3.8, 4) is 10.6 Å². The molecule has 2 amide bonds. The molecular formula is C18H13N3O2S2.